The molecule has 6 aromatic carbocycles. The Hall–Kier alpha value is -9.24. The molecule has 0 saturated carbocycles. The van der Waals surface area contributed by atoms with Gasteiger partial charge in [0.25, 0.3) is 17.7 Å². The number of halogens is 1. The highest BCUT2D eigenvalue weighted by Gasteiger charge is 2.51. The summed E-state index contributed by atoms with van der Waals surface area (Å²) in [5.74, 6) is 4.32. The molecule has 92 heavy (non-hydrogen) atoms. The number of β-amino-alcohol motifs (C(OH)–C–C–N with tert-alkyl or cyclic N) is 3. The second-order valence-corrected chi connectivity index (χ2v) is 25.6. The molecule has 4 unspecified atom stereocenters. The zero-order chi connectivity index (χ0) is 63.9. The molecule has 19 nitrogen and oxygen atoms in total. The quantitative estimate of drug-likeness (QED) is 0.0863. The first kappa shape index (κ1) is 61.6. The molecule has 3 spiro atoms. The van der Waals surface area contributed by atoms with Crippen LogP contribution in [0.15, 0.2) is 141 Å². The third-order valence-electron chi connectivity index (χ3n) is 19.4. The predicted octanol–water partition coefficient (Wildman–Crippen LogP) is 10.6. The van der Waals surface area contributed by atoms with Gasteiger partial charge in [-0.3, -0.25) is 14.4 Å². The number of nitrogens with zero attached hydrogens (tertiary/aromatic N) is 9. The number of hydrogen-bond donors (Lipinski definition) is 3. The van der Waals surface area contributed by atoms with Gasteiger partial charge in [0, 0.05) is 115 Å². The fourth-order valence-corrected chi connectivity index (χ4v) is 14.9. The topological polar surface area (TPSA) is 248 Å². The number of alkyl halides is 1. The highest BCUT2D eigenvalue weighted by Crippen LogP contribution is 2.51. The van der Waals surface area contributed by atoms with E-state index < -0.39 is 6.36 Å². The van der Waals surface area contributed by atoms with E-state index in [1.807, 2.05) is 79.7 Å². The molecule has 3 saturated heterocycles. The second kappa shape index (κ2) is 25.4. The van der Waals surface area contributed by atoms with Gasteiger partial charge in [0.15, 0.2) is 0 Å². The minimum atomic E-state index is -1.38. The van der Waals surface area contributed by atoms with Crippen molar-refractivity contribution >= 4 is 17.7 Å². The number of carbonyl (C=O) groups excluding carboxylic acids is 3. The van der Waals surface area contributed by atoms with E-state index in [2.05, 4.69) is 74.6 Å². The molecule has 3 aromatic heterocycles. The van der Waals surface area contributed by atoms with Crippen molar-refractivity contribution in [1.29, 1.82) is 0 Å². The molecule has 3 fully saturated rings. The number of rotatable bonds is 15. The molecule has 3 aliphatic carbocycles. The molecule has 474 valence electrons. The average molecular weight is 1240 g/mol. The molecule has 6 heterocycles. The van der Waals surface area contributed by atoms with Crippen LogP contribution in [0.3, 0.4) is 0 Å². The van der Waals surface area contributed by atoms with Crippen molar-refractivity contribution in [2.75, 3.05) is 59.1 Å². The number of likely N-dealkylation sites (tertiary alicyclic amines) is 3. The van der Waals surface area contributed by atoms with Crippen LogP contribution < -0.4 is 4.74 Å². The molecule has 6 aliphatic rings. The van der Waals surface area contributed by atoms with Crippen LogP contribution in [0.4, 0.5) is 4.39 Å². The number of aromatic nitrogens is 6. The molecule has 3 aliphatic heterocycles. The van der Waals surface area contributed by atoms with Crippen LogP contribution in [0.5, 0.6) is 5.75 Å². The summed E-state index contributed by atoms with van der Waals surface area (Å²) in [5.41, 5.74) is 14.5. The van der Waals surface area contributed by atoms with E-state index in [9.17, 15) is 34.1 Å². The lowest BCUT2D eigenvalue weighted by atomic mass is 9.80. The molecule has 15 rings (SSSR count). The molecule has 20 heteroatoms. The number of fused-ring (bicyclic) bond motifs is 6. The number of ether oxygens (including phenoxy) is 1. The van der Waals surface area contributed by atoms with Crippen LogP contribution in [-0.2, 0) is 49.9 Å². The molecule has 0 bridgehead atoms. The van der Waals surface area contributed by atoms with Gasteiger partial charge in [0.05, 0.1) is 19.8 Å². The molecular formula is C72H74FN9O10. The maximum atomic E-state index is 13.0. The van der Waals surface area contributed by atoms with E-state index in [1.165, 1.54) is 40.3 Å². The monoisotopic (exact) mass is 1240 g/mol. The first-order valence-electron chi connectivity index (χ1n) is 31.7. The average Bonchev–Trinajstić information content (AvgIpc) is 1.60. The molecule has 0 radical (unpaired) electrons. The van der Waals surface area contributed by atoms with Crippen molar-refractivity contribution in [3.05, 3.63) is 172 Å². The molecule has 4 atom stereocenters. The van der Waals surface area contributed by atoms with E-state index in [-0.39, 0.29) is 53.8 Å². The number of aliphatic hydroxyl groups excluding tert-OH is 3. The zero-order valence-corrected chi connectivity index (χ0v) is 52.1. The normalized spacial score (nSPS) is 20.5. The summed E-state index contributed by atoms with van der Waals surface area (Å²) < 4.78 is 34.7. The van der Waals surface area contributed by atoms with Gasteiger partial charge in [-0.1, -0.05) is 114 Å². The Morgan fingerprint density at radius 1 is 0.489 bits per heavy atom. The minimum absolute atomic E-state index is 0.000631. The van der Waals surface area contributed by atoms with Crippen LogP contribution in [0.25, 0.3) is 68.5 Å². The van der Waals surface area contributed by atoms with Crippen LogP contribution in [0.1, 0.15) is 110 Å². The fraction of sp³-hybridized carbons (Fsp3) is 0.375. The summed E-state index contributed by atoms with van der Waals surface area (Å²) in [5, 5.41) is 40.5. The summed E-state index contributed by atoms with van der Waals surface area (Å²) in [4.78, 5) is 56.7. The highest BCUT2D eigenvalue weighted by atomic mass is 19.1. The summed E-state index contributed by atoms with van der Waals surface area (Å²) in [7, 11) is 0. The number of benzene rings is 6. The SMILES string of the molecule is CC(C)c1ccc(-c2nc(-c3cccc4c3CCC43CC(=O)N(CCO)C3)no2)cc1.CC(F)Oc1ccc(-c2nc(-c3cccc4c3CCC43CC(=O)N(CCO)C3)no2)cc1.Cc1ccc(-c2nc(-c3cccc4c3CCC43CC(=O)N(CCO)C3)no2)cc1. The summed E-state index contributed by atoms with van der Waals surface area (Å²) in [6, 6.07) is 41.5. The summed E-state index contributed by atoms with van der Waals surface area (Å²) >= 11 is 0. The van der Waals surface area contributed by atoms with Gasteiger partial charge in [-0.05, 0) is 139 Å². The van der Waals surface area contributed by atoms with Crippen LogP contribution in [0.2, 0.25) is 0 Å². The lowest BCUT2D eigenvalue weighted by Crippen LogP contribution is -2.32. The summed E-state index contributed by atoms with van der Waals surface area (Å²) in [6.07, 6.45) is 5.43. The van der Waals surface area contributed by atoms with Crippen molar-refractivity contribution in [3.8, 4) is 74.3 Å². The molecular weight excluding hydrogens is 1170 g/mol. The lowest BCUT2D eigenvalue weighted by molar-refractivity contribution is -0.128. The molecule has 3 N–H and O–H groups in total. The molecule has 3 amide bonds. The zero-order valence-electron chi connectivity index (χ0n) is 52.1. The van der Waals surface area contributed by atoms with Gasteiger partial charge in [-0.2, -0.15) is 15.0 Å². The first-order valence-corrected chi connectivity index (χ1v) is 31.7. The van der Waals surface area contributed by atoms with Gasteiger partial charge >= 0.3 is 0 Å². The molecule has 9 aromatic rings. The first-order chi connectivity index (χ1) is 44.6. The fourth-order valence-electron chi connectivity index (χ4n) is 14.9. The standard InChI is InChI=1S/C25H27N3O3.C24H24FN3O4.C23H23N3O3/c1-16(2)17-6-8-18(9-7-17)24-26-23(27-31-24)20-4-3-5-21-19(20)10-11-25(21)14-22(30)28(15-25)12-13-29;1-15(25)31-17-7-5-16(6-8-17)23-26-22(27-32-23)19-3-2-4-20-18(19)9-10-24(20)13-21(30)28(14-24)11-12-29;1-15-5-7-16(8-6-15)22-24-21(25-29-22)18-3-2-4-19-17(18)9-10-23(19)13-20(28)26(14-23)11-12-27/h3-9,16,29H,10-15H2,1-2H3;2-8,15,29H,9-14H2,1H3;2-8,27H,9-14H2,1H3. The number of aryl methyl sites for hydroxylation is 1. The van der Waals surface area contributed by atoms with Crippen LogP contribution >= 0.6 is 0 Å². The Kier molecular flexibility index (Phi) is 17.0. The van der Waals surface area contributed by atoms with Gasteiger partial charge in [-0.25, -0.2) is 4.39 Å². The smallest absolute Gasteiger partial charge is 0.258 e. The van der Waals surface area contributed by atoms with Crippen molar-refractivity contribution in [2.45, 2.75) is 114 Å². The highest BCUT2D eigenvalue weighted by molar-refractivity contribution is 5.84. The van der Waals surface area contributed by atoms with Crippen molar-refractivity contribution in [3.63, 3.8) is 0 Å². The van der Waals surface area contributed by atoms with E-state index in [0.717, 1.165) is 77.5 Å². The Morgan fingerprint density at radius 3 is 1.15 bits per heavy atom. The maximum Gasteiger partial charge on any atom is 0.258 e. The Balaban J connectivity index is 0.000000126. The Morgan fingerprint density at radius 2 is 0.826 bits per heavy atom. The predicted molar refractivity (Wildman–Crippen MR) is 340 cm³/mol. The number of hydrogen-bond acceptors (Lipinski definition) is 16. The number of amides is 3. The van der Waals surface area contributed by atoms with E-state index in [0.29, 0.717) is 111 Å². The van der Waals surface area contributed by atoms with E-state index in [4.69, 9.17) is 18.3 Å². The summed E-state index contributed by atoms with van der Waals surface area (Å²) in [6.45, 7) is 10.8. The Bertz CT molecular complexity index is 4180. The van der Waals surface area contributed by atoms with Gasteiger partial charge in [0.2, 0.25) is 41.6 Å². The largest absolute Gasteiger partial charge is 0.461 e. The third kappa shape index (κ3) is 11.8. The van der Waals surface area contributed by atoms with Crippen molar-refractivity contribution < 1.29 is 52.4 Å². The lowest BCUT2D eigenvalue weighted by Gasteiger charge is -2.24. The van der Waals surface area contributed by atoms with Crippen molar-refractivity contribution in [2.24, 2.45) is 0 Å². The van der Waals surface area contributed by atoms with E-state index in [1.54, 1.807) is 39.0 Å². The van der Waals surface area contributed by atoms with Crippen LogP contribution in [-0.4, -0.2) is 144 Å². The van der Waals surface area contributed by atoms with Gasteiger partial charge in [-0.15, -0.1) is 0 Å². The third-order valence-corrected chi connectivity index (χ3v) is 19.4. The minimum Gasteiger partial charge on any atom is -0.461 e. The van der Waals surface area contributed by atoms with Gasteiger partial charge < -0.3 is 48.3 Å². The number of aliphatic hydroxyl groups is 3. The van der Waals surface area contributed by atoms with E-state index >= 15 is 0 Å². The van der Waals surface area contributed by atoms with Gasteiger partial charge in [0.1, 0.15) is 5.75 Å². The Labute approximate surface area is 532 Å². The number of carbonyl (C=O) groups is 3. The van der Waals surface area contributed by atoms with Crippen molar-refractivity contribution in [1.82, 2.24) is 45.1 Å². The van der Waals surface area contributed by atoms with Crippen LogP contribution in [0, 0.1) is 6.92 Å². The second-order valence-electron chi connectivity index (χ2n) is 25.6. The maximum absolute atomic E-state index is 13.0.